The van der Waals surface area contributed by atoms with Crippen LogP contribution in [0.1, 0.15) is 12.5 Å². The van der Waals surface area contributed by atoms with Crippen LogP contribution < -0.4 is 5.32 Å². The van der Waals surface area contributed by atoms with E-state index < -0.39 is 0 Å². The van der Waals surface area contributed by atoms with Gasteiger partial charge in [0.1, 0.15) is 0 Å². The second-order valence-corrected chi connectivity index (χ2v) is 5.10. The molecule has 6 heteroatoms. The van der Waals surface area contributed by atoms with Crippen LogP contribution in [0.2, 0.25) is 0 Å². The fourth-order valence-electron chi connectivity index (χ4n) is 2.59. The molecular weight excluding hydrogens is 274 g/mol. The van der Waals surface area contributed by atoms with Gasteiger partial charge < -0.3 is 5.32 Å². The minimum absolute atomic E-state index is 0. The maximum Gasteiger partial charge on any atom is 0.0710 e. The van der Waals surface area contributed by atoms with Crippen molar-refractivity contribution in [3.8, 4) is 11.3 Å². The number of H-pyrrole nitrogens is 1. The lowest BCUT2D eigenvalue weighted by Crippen LogP contribution is -2.48. The zero-order chi connectivity index (χ0) is 13.1. The first-order valence-corrected chi connectivity index (χ1v) is 6.71. The number of halogens is 1. The van der Waals surface area contributed by atoms with Gasteiger partial charge in [0.25, 0.3) is 0 Å². The summed E-state index contributed by atoms with van der Waals surface area (Å²) >= 11 is 0. The van der Waals surface area contributed by atoms with Crippen molar-refractivity contribution < 1.29 is 0 Å². The average molecular weight is 294 g/mol. The van der Waals surface area contributed by atoms with Crippen LogP contribution >= 0.6 is 12.4 Å². The number of pyridine rings is 1. The van der Waals surface area contributed by atoms with Crippen LogP contribution in [-0.4, -0.2) is 45.8 Å². The molecule has 3 heterocycles. The van der Waals surface area contributed by atoms with Crippen molar-refractivity contribution in [2.75, 3.05) is 19.6 Å². The molecule has 0 radical (unpaired) electrons. The van der Waals surface area contributed by atoms with E-state index in [0.717, 1.165) is 37.4 Å². The van der Waals surface area contributed by atoms with Crippen molar-refractivity contribution in [1.82, 2.24) is 25.4 Å². The van der Waals surface area contributed by atoms with E-state index in [1.165, 1.54) is 5.56 Å². The van der Waals surface area contributed by atoms with Gasteiger partial charge in [0.15, 0.2) is 0 Å². The molecule has 108 valence electrons. The van der Waals surface area contributed by atoms with Crippen LogP contribution in [0.25, 0.3) is 11.3 Å². The van der Waals surface area contributed by atoms with Crippen molar-refractivity contribution in [2.45, 2.75) is 19.5 Å². The molecule has 1 fully saturated rings. The Morgan fingerprint density at radius 3 is 3.05 bits per heavy atom. The highest BCUT2D eigenvalue weighted by Gasteiger charge is 2.17. The highest BCUT2D eigenvalue weighted by Crippen LogP contribution is 2.21. The van der Waals surface area contributed by atoms with E-state index in [2.05, 4.69) is 38.4 Å². The lowest BCUT2D eigenvalue weighted by molar-refractivity contribution is 0.200. The van der Waals surface area contributed by atoms with Gasteiger partial charge in [-0.2, -0.15) is 5.10 Å². The summed E-state index contributed by atoms with van der Waals surface area (Å²) in [6.45, 7) is 6.39. The Labute approximate surface area is 125 Å². The molecule has 0 amide bonds. The van der Waals surface area contributed by atoms with Gasteiger partial charge in [0.2, 0.25) is 0 Å². The fourth-order valence-corrected chi connectivity index (χ4v) is 2.59. The second kappa shape index (κ2) is 6.83. The van der Waals surface area contributed by atoms with E-state index in [4.69, 9.17) is 0 Å². The maximum atomic E-state index is 4.19. The third kappa shape index (κ3) is 3.36. The van der Waals surface area contributed by atoms with Gasteiger partial charge in [-0.25, -0.2) is 0 Å². The first-order valence-electron chi connectivity index (χ1n) is 6.71. The Morgan fingerprint density at radius 2 is 2.30 bits per heavy atom. The summed E-state index contributed by atoms with van der Waals surface area (Å²) in [4.78, 5) is 6.63. The molecule has 0 saturated carbocycles. The summed E-state index contributed by atoms with van der Waals surface area (Å²) in [6, 6.07) is 4.57. The number of piperazine rings is 1. The third-order valence-corrected chi connectivity index (χ3v) is 3.51. The molecule has 1 aliphatic rings. The molecule has 2 N–H and O–H groups in total. The lowest BCUT2D eigenvalue weighted by Gasteiger charge is -2.31. The van der Waals surface area contributed by atoms with E-state index in [1.807, 2.05) is 18.5 Å². The number of hydrogen-bond acceptors (Lipinski definition) is 4. The summed E-state index contributed by atoms with van der Waals surface area (Å²) < 4.78 is 0. The lowest BCUT2D eigenvalue weighted by atomic mass is 10.1. The summed E-state index contributed by atoms with van der Waals surface area (Å²) in [5.41, 5.74) is 3.42. The molecule has 3 rings (SSSR count). The first-order chi connectivity index (χ1) is 9.33. The Balaban J connectivity index is 0.00000147. The van der Waals surface area contributed by atoms with Crippen LogP contribution in [0.15, 0.2) is 30.7 Å². The predicted octanol–water partition coefficient (Wildman–Crippen LogP) is 1.69. The number of rotatable bonds is 3. The summed E-state index contributed by atoms with van der Waals surface area (Å²) in [6.07, 6.45) is 5.59. The van der Waals surface area contributed by atoms with Crippen molar-refractivity contribution >= 4 is 12.4 Å². The largest absolute Gasteiger partial charge is 0.312 e. The van der Waals surface area contributed by atoms with Gasteiger partial charge in [-0.15, -0.1) is 12.4 Å². The topological polar surface area (TPSA) is 56.8 Å². The van der Waals surface area contributed by atoms with Gasteiger partial charge in [0.05, 0.1) is 11.9 Å². The van der Waals surface area contributed by atoms with Crippen LogP contribution in [0.5, 0.6) is 0 Å². The van der Waals surface area contributed by atoms with E-state index in [0.29, 0.717) is 6.04 Å². The molecule has 1 atom stereocenters. The molecule has 0 bridgehead atoms. The molecule has 1 saturated heterocycles. The molecule has 0 spiro atoms. The van der Waals surface area contributed by atoms with Crippen LogP contribution in [0.4, 0.5) is 0 Å². The SMILES string of the molecule is C[C@@H]1CN(Cc2cn[nH]c2-c2cccnc2)CCN1.Cl. The zero-order valence-corrected chi connectivity index (χ0v) is 12.4. The number of nitrogens with one attached hydrogen (secondary N) is 2. The first kappa shape index (κ1) is 15.0. The highest BCUT2D eigenvalue weighted by atomic mass is 35.5. The monoisotopic (exact) mass is 293 g/mol. The van der Waals surface area contributed by atoms with Gasteiger partial charge in [0, 0.05) is 55.7 Å². The average Bonchev–Trinajstić information content (AvgIpc) is 2.88. The Morgan fingerprint density at radius 1 is 1.40 bits per heavy atom. The van der Waals surface area contributed by atoms with Crippen molar-refractivity contribution in [3.05, 3.63) is 36.3 Å². The summed E-state index contributed by atoms with van der Waals surface area (Å²) in [5.74, 6) is 0. The maximum absolute atomic E-state index is 4.19. The quantitative estimate of drug-likeness (QED) is 0.904. The normalized spacial score (nSPS) is 19.6. The zero-order valence-electron chi connectivity index (χ0n) is 11.5. The predicted molar refractivity (Wildman–Crippen MR) is 81.8 cm³/mol. The highest BCUT2D eigenvalue weighted by molar-refractivity contribution is 5.85. The van der Waals surface area contributed by atoms with Crippen molar-refractivity contribution in [2.24, 2.45) is 0 Å². The molecule has 1 aliphatic heterocycles. The van der Waals surface area contributed by atoms with Crippen molar-refractivity contribution in [3.63, 3.8) is 0 Å². The minimum Gasteiger partial charge on any atom is -0.312 e. The van der Waals surface area contributed by atoms with E-state index >= 15 is 0 Å². The molecular formula is C14H20ClN5. The standard InChI is InChI=1S/C14H19N5.ClH/c1-11-9-19(6-5-16-11)10-13-8-17-18-14(13)12-3-2-4-15-7-12;/h2-4,7-8,11,16H,5-6,9-10H2,1H3,(H,17,18);1H/t11-;/m1./s1. The minimum atomic E-state index is 0. The number of hydrogen-bond donors (Lipinski definition) is 2. The molecule has 5 nitrogen and oxygen atoms in total. The summed E-state index contributed by atoms with van der Waals surface area (Å²) in [5, 5.41) is 10.7. The Hall–Kier alpha value is -1.43. The molecule has 0 aliphatic carbocycles. The molecule has 0 unspecified atom stereocenters. The Kier molecular flexibility index (Phi) is 5.11. The second-order valence-electron chi connectivity index (χ2n) is 5.10. The molecule has 2 aromatic rings. The van der Waals surface area contributed by atoms with Gasteiger partial charge >= 0.3 is 0 Å². The van der Waals surface area contributed by atoms with Crippen LogP contribution in [0, 0.1) is 0 Å². The van der Waals surface area contributed by atoms with E-state index in [1.54, 1.807) is 6.20 Å². The smallest absolute Gasteiger partial charge is 0.0710 e. The van der Waals surface area contributed by atoms with Gasteiger partial charge in [-0.05, 0) is 19.1 Å². The van der Waals surface area contributed by atoms with Crippen molar-refractivity contribution in [1.29, 1.82) is 0 Å². The number of aromatic amines is 1. The molecule has 20 heavy (non-hydrogen) atoms. The number of aromatic nitrogens is 3. The summed E-state index contributed by atoms with van der Waals surface area (Å²) in [7, 11) is 0. The fraction of sp³-hybridized carbons (Fsp3) is 0.429. The van der Waals surface area contributed by atoms with Gasteiger partial charge in [-0.1, -0.05) is 0 Å². The number of nitrogens with zero attached hydrogens (tertiary/aromatic N) is 3. The van der Waals surface area contributed by atoms with Gasteiger partial charge in [-0.3, -0.25) is 15.0 Å². The van der Waals surface area contributed by atoms with Crippen LogP contribution in [-0.2, 0) is 6.54 Å². The third-order valence-electron chi connectivity index (χ3n) is 3.51. The van der Waals surface area contributed by atoms with E-state index in [-0.39, 0.29) is 12.4 Å². The van der Waals surface area contributed by atoms with E-state index in [9.17, 15) is 0 Å². The molecule has 0 aromatic carbocycles. The van der Waals surface area contributed by atoms with Crippen LogP contribution in [0.3, 0.4) is 0 Å². The molecule has 2 aromatic heterocycles. The Bertz CT molecular complexity index is 527.